The van der Waals surface area contributed by atoms with Crippen LogP contribution in [-0.4, -0.2) is 18.6 Å². The molecule has 0 amide bonds. The highest BCUT2D eigenvalue weighted by Gasteiger charge is 2.15. The standard InChI is InChI=1S/C19H20N4O2S/c1-13-5-4-6-16(11-13)20-18-9-10-19(22-21-18)23-26(24,25)17-8-7-14(2)15(3)12-17/h4-12H,1-3H3,(H,20,21)(H,22,23). The quantitative estimate of drug-likeness (QED) is 0.712. The number of hydrogen-bond donors (Lipinski definition) is 2. The number of nitrogens with zero attached hydrogens (tertiary/aromatic N) is 2. The number of anilines is 3. The zero-order valence-electron chi connectivity index (χ0n) is 14.8. The van der Waals surface area contributed by atoms with Gasteiger partial charge in [-0.2, -0.15) is 0 Å². The zero-order valence-corrected chi connectivity index (χ0v) is 15.6. The Balaban J connectivity index is 1.75. The molecule has 26 heavy (non-hydrogen) atoms. The van der Waals surface area contributed by atoms with Gasteiger partial charge in [0, 0.05) is 5.69 Å². The van der Waals surface area contributed by atoms with Crippen molar-refractivity contribution in [3.05, 3.63) is 71.3 Å². The summed E-state index contributed by atoms with van der Waals surface area (Å²) in [6.07, 6.45) is 0. The Bertz CT molecular complexity index is 1030. The summed E-state index contributed by atoms with van der Waals surface area (Å²) in [7, 11) is -3.70. The maximum atomic E-state index is 12.5. The van der Waals surface area contributed by atoms with Crippen molar-refractivity contribution in [1.82, 2.24) is 10.2 Å². The van der Waals surface area contributed by atoms with E-state index in [0.717, 1.165) is 22.4 Å². The Kier molecular flexibility index (Phi) is 4.90. The minimum absolute atomic E-state index is 0.165. The average molecular weight is 368 g/mol. The molecule has 0 spiro atoms. The van der Waals surface area contributed by atoms with Crippen LogP contribution >= 0.6 is 0 Å². The monoisotopic (exact) mass is 368 g/mol. The van der Waals surface area contributed by atoms with E-state index in [1.165, 1.54) is 0 Å². The molecule has 0 unspecified atom stereocenters. The first kappa shape index (κ1) is 17.9. The van der Waals surface area contributed by atoms with Crippen molar-refractivity contribution in [2.24, 2.45) is 0 Å². The number of aryl methyl sites for hydroxylation is 3. The van der Waals surface area contributed by atoms with Crippen LogP contribution in [0.3, 0.4) is 0 Å². The van der Waals surface area contributed by atoms with Crippen molar-refractivity contribution < 1.29 is 8.42 Å². The fraction of sp³-hybridized carbons (Fsp3) is 0.158. The second-order valence-electron chi connectivity index (χ2n) is 6.15. The minimum Gasteiger partial charge on any atom is -0.339 e. The van der Waals surface area contributed by atoms with E-state index >= 15 is 0 Å². The van der Waals surface area contributed by atoms with Crippen LogP contribution in [0.2, 0.25) is 0 Å². The number of nitrogens with one attached hydrogen (secondary N) is 2. The highest BCUT2D eigenvalue weighted by atomic mass is 32.2. The Labute approximate surface area is 153 Å². The third-order valence-electron chi connectivity index (χ3n) is 3.98. The molecule has 6 nitrogen and oxygen atoms in total. The second kappa shape index (κ2) is 7.13. The van der Waals surface area contributed by atoms with Crippen molar-refractivity contribution in [2.75, 3.05) is 10.0 Å². The van der Waals surface area contributed by atoms with Gasteiger partial charge in [0.25, 0.3) is 10.0 Å². The van der Waals surface area contributed by atoms with Gasteiger partial charge in [-0.05, 0) is 73.9 Å². The van der Waals surface area contributed by atoms with E-state index in [4.69, 9.17) is 0 Å². The summed E-state index contributed by atoms with van der Waals surface area (Å²) in [5, 5.41) is 11.1. The molecule has 2 N–H and O–H groups in total. The highest BCUT2D eigenvalue weighted by molar-refractivity contribution is 7.92. The molecule has 7 heteroatoms. The van der Waals surface area contributed by atoms with Gasteiger partial charge in [-0.1, -0.05) is 18.2 Å². The van der Waals surface area contributed by atoms with Gasteiger partial charge in [0.2, 0.25) is 0 Å². The van der Waals surface area contributed by atoms with Crippen LogP contribution in [0.15, 0.2) is 59.5 Å². The Morgan fingerprint density at radius 2 is 1.54 bits per heavy atom. The van der Waals surface area contributed by atoms with Crippen LogP contribution in [0.4, 0.5) is 17.3 Å². The largest absolute Gasteiger partial charge is 0.339 e. The van der Waals surface area contributed by atoms with Crippen LogP contribution in [0.5, 0.6) is 0 Å². The van der Waals surface area contributed by atoms with Gasteiger partial charge in [0.05, 0.1) is 4.90 Å². The van der Waals surface area contributed by atoms with E-state index in [9.17, 15) is 8.42 Å². The lowest BCUT2D eigenvalue weighted by Crippen LogP contribution is -2.14. The van der Waals surface area contributed by atoms with E-state index in [1.807, 2.05) is 45.0 Å². The molecule has 134 valence electrons. The average Bonchev–Trinajstić information content (AvgIpc) is 2.59. The second-order valence-corrected chi connectivity index (χ2v) is 7.83. The lowest BCUT2D eigenvalue weighted by atomic mass is 10.1. The molecule has 1 aromatic heterocycles. The van der Waals surface area contributed by atoms with Gasteiger partial charge in [-0.15, -0.1) is 10.2 Å². The number of aromatic nitrogens is 2. The molecular weight excluding hydrogens is 348 g/mol. The van der Waals surface area contributed by atoms with Gasteiger partial charge in [0.15, 0.2) is 11.6 Å². The Morgan fingerprint density at radius 1 is 0.808 bits per heavy atom. The molecule has 0 saturated carbocycles. The smallest absolute Gasteiger partial charge is 0.263 e. The molecule has 0 saturated heterocycles. The summed E-state index contributed by atoms with van der Waals surface area (Å²) in [5.41, 5.74) is 3.97. The van der Waals surface area contributed by atoms with E-state index < -0.39 is 10.0 Å². The van der Waals surface area contributed by atoms with Gasteiger partial charge < -0.3 is 5.32 Å². The predicted octanol–water partition coefficient (Wildman–Crippen LogP) is 3.95. The van der Waals surface area contributed by atoms with Crippen LogP contribution in [0.25, 0.3) is 0 Å². The minimum atomic E-state index is -3.70. The van der Waals surface area contributed by atoms with Gasteiger partial charge >= 0.3 is 0 Å². The summed E-state index contributed by atoms with van der Waals surface area (Å²) >= 11 is 0. The summed E-state index contributed by atoms with van der Waals surface area (Å²) in [4.78, 5) is 0.198. The lowest BCUT2D eigenvalue weighted by molar-refractivity contribution is 0.601. The van der Waals surface area contributed by atoms with Crippen molar-refractivity contribution in [3.8, 4) is 0 Å². The molecule has 3 aromatic rings. The molecule has 0 atom stereocenters. The van der Waals surface area contributed by atoms with Crippen LogP contribution in [0.1, 0.15) is 16.7 Å². The number of sulfonamides is 1. The van der Waals surface area contributed by atoms with Crippen LogP contribution < -0.4 is 10.0 Å². The summed E-state index contributed by atoms with van der Waals surface area (Å²) in [6.45, 7) is 5.81. The first-order chi connectivity index (χ1) is 12.3. The molecule has 0 aliphatic carbocycles. The number of hydrogen-bond acceptors (Lipinski definition) is 5. The number of rotatable bonds is 5. The van der Waals surface area contributed by atoms with Crippen LogP contribution in [0, 0.1) is 20.8 Å². The van der Waals surface area contributed by atoms with E-state index in [0.29, 0.717) is 5.82 Å². The van der Waals surface area contributed by atoms with Crippen molar-refractivity contribution in [2.45, 2.75) is 25.7 Å². The first-order valence-electron chi connectivity index (χ1n) is 8.11. The molecule has 0 fully saturated rings. The Hall–Kier alpha value is -2.93. The van der Waals surface area contributed by atoms with E-state index in [-0.39, 0.29) is 10.7 Å². The molecule has 3 rings (SSSR count). The number of benzene rings is 2. The maximum Gasteiger partial charge on any atom is 0.263 e. The van der Waals surface area contributed by atoms with Gasteiger partial charge in [-0.25, -0.2) is 8.42 Å². The third kappa shape index (κ3) is 4.18. The molecule has 0 aliphatic heterocycles. The van der Waals surface area contributed by atoms with Crippen molar-refractivity contribution >= 4 is 27.3 Å². The first-order valence-corrected chi connectivity index (χ1v) is 9.59. The molecule has 0 aliphatic rings. The van der Waals surface area contributed by atoms with Crippen molar-refractivity contribution in [3.63, 3.8) is 0 Å². The SMILES string of the molecule is Cc1cccc(Nc2ccc(NS(=O)(=O)c3ccc(C)c(C)c3)nn2)c1. The molecule has 2 aromatic carbocycles. The molecule has 0 radical (unpaired) electrons. The van der Waals surface area contributed by atoms with Crippen LogP contribution in [-0.2, 0) is 10.0 Å². The summed E-state index contributed by atoms with van der Waals surface area (Å²) in [6, 6.07) is 16.1. The van der Waals surface area contributed by atoms with Gasteiger partial charge in [-0.3, -0.25) is 4.72 Å². The third-order valence-corrected chi connectivity index (χ3v) is 5.34. The maximum absolute atomic E-state index is 12.5. The van der Waals surface area contributed by atoms with Crippen molar-refractivity contribution in [1.29, 1.82) is 0 Å². The normalized spacial score (nSPS) is 11.2. The lowest BCUT2D eigenvalue weighted by Gasteiger charge is -2.10. The highest BCUT2D eigenvalue weighted by Crippen LogP contribution is 2.19. The molecule has 1 heterocycles. The fourth-order valence-corrected chi connectivity index (χ4v) is 3.48. The fourth-order valence-electron chi connectivity index (χ4n) is 2.40. The summed E-state index contributed by atoms with van der Waals surface area (Å²) in [5.74, 6) is 0.697. The zero-order chi connectivity index (χ0) is 18.7. The van der Waals surface area contributed by atoms with E-state index in [1.54, 1.807) is 30.3 Å². The predicted molar refractivity (Wildman–Crippen MR) is 103 cm³/mol. The Morgan fingerprint density at radius 3 is 2.19 bits per heavy atom. The van der Waals surface area contributed by atoms with E-state index in [2.05, 4.69) is 20.2 Å². The van der Waals surface area contributed by atoms with Gasteiger partial charge in [0.1, 0.15) is 0 Å². The topological polar surface area (TPSA) is 84.0 Å². The summed E-state index contributed by atoms with van der Waals surface area (Å²) < 4.78 is 27.4. The molecule has 0 bridgehead atoms. The molecular formula is C19H20N4O2S.